The van der Waals surface area contributed by atoms with E-state index in [4.69, 9.17) is 5.11 Å². The van der Waals surface area contributed by atoms with Crippen LogP contribution in [-0.2, 0) is 0 Å². The highest BCUT2D eigenvalue weighted by molar-refractivity contribution is 4.79. The lowest BCUT2D eigenvalue weighted by Gasteiger charge is -1.85. The molecule has 0 rings (SSSR count). The van der Waals surface area contributed by atoms with E-state index < -0.39 is 0 Å². The number of hydrogen-bond acceptors (Lipinski definition) is 1. The van der Waals surface area contributed by atoms with Gasteiger partial charge in [-0.05, 0) is 6.42 Å². The van der Waals surface area contributed by atoms with E-state index in [2.05, 4.69) is 6.92 Å². The predicted molar refractivity (Wildman–Crippen MR) is 35.8 cm³/mol. The molecular weight excluding hydrogens is 100 g/mol. The maximum atomic E-state index is 8.28. The van der Waals surface area contributed by atoms with Gasteiger partial charge in [0, 0.05) is 0 Å². The molecule has 0 aliphatic carbocycles. The van der Waals surface area contributed by atoms with Crippen LogP contribution in [0.3, 0.4) is 0 Å². The lowest BCUT2D eigenvalue weighted by atomic mass is 10.2. The van der Waals surface area contributed by atoms with Crippen molar-refractivity contribution in [1.29, 1.82) is 0 Å². The third-order valence-electron chi connectivity index (χ3n) is 0.996. The van der Waals surface area contributed by atoms with Gasteiger partial charge in [-0.2, -0.15) is 0 Å². The molecule has 0 aliphatic heterocycles. The van der Waals surface area contributed by atoms with Crippen LogP contribution in [0.1, 0.15) is 26.2 Å². The average molecular weight is 114 g/mol. The van der Waals surface area contributed by atoms with Crippen molar-refractivity contribution < 1.29 is 5.11 Å². The molecule has 0 fully saturated rings. The van der Waals surface area contributed by atoms with Crippen molar-refractivity contribution in [3.63, 3.8) is 0 Å². The Hall–Kier alpha value is -0.300. The van der Waals surface area contributed by atoms with E-state index in [1.807, 2.05) is 6.08 Å². The minimum atomic E-state index is 0.184. The summed E-state index contributed by atoms with van der Waals surface area (Å²) in [5.74, 6) is 0. The molecule has 1 N–H and O–H groups in total. The molecule has 8 heavy (non-hydrogen) atoms. The van der Waals surface area contributed by atoms with E-state index in [1.165, 1.54) is 12.8 Å². The molecule has 0 amide bonds. The summed E-state index contributed by atoms with van der Waals surface area (Å²) in [7, 11) is 0. The highest BCUT2D eigenvalue weighted by Gasteiger charge is 1.74. The van der Waals surface area contributed by atoms with E-state index in [-0.39, 0.29) is 6.61 Å². The standard InChI is InChI=1S/C7H14O/c1-2-3-4-5-6-7-8/h5-6,8H,2-4,7H2,1H3/b6-5+. The van der Waals surface area contributed by atoms with Crippen LogP contribution in [0.5, 0.6) is 0 Å². The van der Waals surface area contributed by atoms with Crippen LogP contribution in [0.25, 0.3) is 0 Å². The zero-order chi connectivity index (χ0) is 6.24. The van der Waals surface area contributed by atoms with Crippen LogP contribution in [0.15, 0.2) is 12.2 Å². The Morgan fingerprint density at radius 3 is 2.62 bits per heavy atom. The second-order valence-corrected chi connectivity index (χ2v) is 1.80. The molecule has 0 aromatic heterocycles. The SMILES string of the molecule is CCCC/C=C/CO. The fraction of sp³-hybridized carbons (Fsp3) is 0.714. The molecule has 0 radical (unpaired) electrons. The van der Waals surface area contributed by atoms with Crippen molar-refractivity contribution >= 4 is 0 Å². The third-order valence-corrected chi connectivity index (χ3v) is 0.996. The summed E-state index contributed by atoms with van der Waals surface area (Å²) in [6, 6.07) is 0. The monoisotopic (exact) mass is 114 g/mol. The molecule has 0 aromatic carbocycles. The van der Waals surface area contributed by atoms with E-state index >= 15 is 0 Å². The maximum Gasteiger partial charge on any atom is 0.0612 e. The minimum Gasteiger partial charge on any atom is -0.392 e. The molecule has 1 nitrogen and oxygen atoms in total. The first kappa shape index (κ1) is 7.70. The van der Waals surface area contributed by atoms with Gasteiger partial charge in [0.05, 0.1) is 6.61 Å². The predicted octanol–water partition coefficient (Wildman–Crippen LogP) is 1.73. The van der Waals surface area contributed by atoms with Gasteiger partial charge in [-0.15, -0.1) is 0 Å². The number of hydrogen-bond donors (Lipinski definition) is 1. The highest BCUT2D eigenvalue weighted by Crippen LogP contribution is 1.93. The average Bonchev–Trinajstić information content (AvgIpc) is 1.81. The van der Waals surface area contributed by atoms with Gasteiger partial charge in [0.1, 0.15) is 0 Å². The Balaban J connectivity index is 2.80. The van der Waals surface area contributed by atoms with Crippen molar-refractivity contribution in [3.05, 3.63) is 12.2 Å². The molecule has 0 unspecified atom stereocenters. The Kier molecular flexibility index (Phi) is 6.45. The van der Waals surface area contributed by atoms with E-state index in [1.54, 1.807) is 6.08 Å². The summed E-state index contributed by atoms with van der Waals surface area (Å²) in [6.45, 7) is 2.34. The molecule has 48 valence electrons. The van der Waals surface area contributed by atoms with Crippen molar-refractivity contribution in [2.24, 2.45) is 0 Å². The lowest BCUT2D eigenvalue weighted by molar-refractivity contribution is 0.342. The Bertz CT molecular complexity index is 57.4. The fourth-order valence-corrected chi connectivity index (χ4v) is 0.514. The Labute approximate surface area is 51.0 Å². The maximum absolute atomic E-state index is 8.28. The summed E-state index contributed by atoms with van der Waals surface area (Å²) >= 11 is 0. The number of aliphatic hydroxyl groups excluding tert-OH is 1. The second kappa shape index (κ2) is 6.70. The van der Waals surface area contributed by atoms with Crippen LogP contribution in [0, 0.1) is 0 Å². The van der Waals surface area contributed by atoms with Crippen LogP contribution in [0.4, 0.5) is 0 Å². The summed E-state index contributed by atoms with van der Waals surface area (Å²) in [6.07, 6.45) is 7.38. The largest absolute Gasteiger partial charge is 0.392 e. The normalized spacial score (nSPS) is 10.8. The van der Waals surface area contributed by atoms with Gasteiger partial charge in [0.25, 0.3) is 0 Å². The van der Waals surface area contributed by atoms with Crippen LogP contribution >= 0.6 is 0 Å². The van der Waals surface area contributed by atoms with Gasteiger partial charge in [-0.3, -0.25) is 0 Å². The fourth-order valence-electron chi connectivity index (χ4n) is 0.514. The molecule has 0 aliphatic rings. The van der Waals surface area contributed by atoms with Gasteiger partial charge in [0.2, 0.25) is 0 Å². The molecule has 0 aromatic rings. The van der Waals surface area contributed by atoms with Gasteiger partial charge >= 0.3 is 0 Å². The summed E-state index contributed by atoms with van der Waals surface area (Å²) < 4.78 is 0. The second-order valence-electron chi connectivity index (χ2n) is 1.80. The summed E-state index contributed by atoms with van der Waals surface area (Å²) in [4.78, 5) is 0. The Morgan fingerprint density at radius 1 is 1.38 bits per heavy atom. The zero-order valence-corrected chi connectivity index (χ0v) is 5.43. The van der Waals surface area contributed by atoms with Gasteiger partial charge in [-0.1, -0.05) is 31.9 Å². The van der Waals surface area contributed by atoms with Gasteiger partial charge in [0.15, 0.2) is 0 Å². The molecule has 0 saturated carbocycles. The first-order valence-electron chi connectivity index (χ1n) is 3.17. The van der Waals surface area contributed by atoms with Gasteiger partial charge < -0.3 is 5.11 Å². The number of allylic oxidation sites excluding steroid dienone is 1. The lowest BCUT2D eigenvalue weighted by Crippen LogP contribution is -1.71. The van der Waals surface area contributed by atoms with Crippen molar-refractivity contribution in [1.82, 2.24) is 0 Å². The summed E-state index contributed by atoms with van der Waals surface area (Å²) in [5, 5.41) is 8.28. The Morgan fingerprint density at radius 2 is 2.12 bits per heavy atom. The van der Waals surface area contributed by atoms with Crippen LogP contribution < -0.4 is 0 Å². The first-order valence-corrected chi connectivity index (χ1v) is 3.17. The molecule has 0 heterocycles. The minimum absolute atomic E-state index is 0.184. The molecule has 0 atom stereocenters. The van der Waals surface area contributed by atoms with Crippen LogP contribution in [0.2, 0.25) is 0 Å². The van der Waals surface area contributed by atoms with E-state index in [0.29, 0.717) is 0 Å². The number of unbranched alkanes of at least 4 members (excludes halogenated alkanes) is 2. The quantitative estimate of drug-likeness (QED) is 0.436. The van der Waals surface area contributed by atoms with E-state index in [0.717, 1.165) is 6.42 Å². The number of rotatable bonds is 4. The smallest absolute Gasteiger partial charge is 0.0612 e. The molecule has 0 saturated heterocycles. The van der Waals surface area contributed by atoms with Crippen molar-refractivity contribution in [3.8, 4) is 0 Å². The number of aliphatic hydroxyl groups is 1. The molecule has 0 spiro atoms. The van der Waals surface area contributed by atoms with Crippen LogP contribution in [-0.4, -0.2) is 11.7 Å². The molecular formula is C7H14O. The van der Waals surface area contributed by atoms with Crippen molar-refractivity contribution in [2.75, 3.05) is 6.61 Å². The third kappa shape index (κ3) is 5.70. The topological polar surface area (TPSA) is 20.2 Å². The van der Waals surface area contributed by atoms with Crippen molar-refractivity contribution in [2.45, 2.75) is 26.2 Å². The van der Waals surface area contributed by atoms with E-state index in [9.17, 15) is 0 Å². The first-order chi connectivity index (χ1) is 3.91. The molecule has 0 bridgehead atoms. The van der Waals surface area contributed by atoms with Gasteiger partial charge in [-0.25, -0.2) is 0 Å². The zero-order valence-electron chi connectivity index (χ0n) is 5.43. The summed E-state index contributed by atoms with van der Waals surface area (Å²) in [5.41, 5.74) is 0. The highest BCUT2D eigenvalue weighted by atomic mass is 16.2. The molecule has 1 heteroatoms.